The molecule has 0 heterocycles. The van der Waals surface area contributed by atoms with Crippen molar-refractivity contribution in [2.45, 2.75) is 84.2 Å². The topological polar surface area (TPSA) is 12.0 Å². The third-order valence-electron chi connectivity index (χ3n) is 4.78. The van der Waals surface area contributed by atoms with Gasteiger partial charge < -0.3 is 5.32 Å². The van der Waals surface area contributed by atoms with Crippen molar-refractivity contribution in [1.82, 2.24) is 5.32 Å². The maximum Gasteiger partial charge on any atom is 0.00952 e. The van der Waals surface area contributed by atoms with Gasteiger partial charge in [0, 0.05) is 12.1 Å². The van der Waals surface area contributed by atoms with Gasteiger partial charge in [-0.05, 0) is 43.4 Å². The molecular weight excluding hydrogens is 194 g/mol. The largest absolute Gasteiger partial charge is 0.311 e. The lowest BCUT2D eigenvalue weighted by molar-refractivity contribution is 0.302. The fraction of sp³-hybridized carbons (Fsp3) is 1.00. The molecule has 0 aromatic rings. The summed E-state index contributed by atoms with van der Waals surface area (Å²) in [6.07, 6.45) is 11.4. The van der Waals surface area contributed by atoms with Crippen LogP contribution in [0.3, 0.4) is 0 Å². The van der Waals surface area contributed by atoms with Crippen molar-refractivity contribution in [3.05, 3.63) is 0 Å². The maximum absolute atomic E-state index is 3.96. The van der Waals surface area contributed by atoms with Crippen molar-refractivity contribution in [1.29, 1.82) is 0 Å². The van der Waals surface area contributed by atoms with E-state index in [1.807, 2.05) is 0 Å². The monoisotopic (exact) mass is 223 g/mol. The first-order valence-electron chi connectivity index (χ1n) is 7.33. The molecule has 3 unspecified atom stereocenters. The van der Waals surface area contributed by atoms with Gasteiger partial charge in [-0.25, -0.2) is 0 Å². The van der Waals surface area contributed by atoms with E-state index < -0.39 is 0 Å². The molecule has 0 saturated heterocycles. The van der Waals surface area contributed by atoms with Crippen molar-refractivity contribution < 1.29 is 0 Å². The number of nitrogens with one attached hydrogen (secondary N) is 1. The highest BCUT2D eigenvalue weighted by atomic mass is 15.0. The van der Waals surface area contributed by atoms with E-state index in [0.717, 1.165) is 18.0 Å². The Morgan fingerprint density at radius 3 is 2.44 bits per heavy atom. The molecule has 0 bridgehead atoms. The Hall–Kier alpha value is -0.0400. The molecule has 1 N–H and O–H groups in total. The molecule has 3 atom stereocenters. The second-order valence-electron chi connectivity index (χ2n) is 6.99. The smallest absolute Gasteiger partial charge is 0.00952 e. The molecule has 2 rings (SSSR count). The zero-order valence-corrected chi connectivity index (χ0v) is 11.4. The maximum atomic E-state index is 3.96. The van der Waals surface area contributed by atoms with Crippen molar-refractivity contribution >= 4 is 0 Å². The summed E-state index contributed by atoms with van der Waals surface area (Å²) in [6, 6.07) is 1.61. The predicted molar refractivity (Wildman–Crippen MR) is 70.6 cm³/mol. The molecule has 94 valence electrons. The number of hydrogen-bond acceptors (Lipinski definition) is 1. The van der Waals surface area contributed by atoms with Crippen LogP contribution in [0.25, 0.3) is 0 Å². The van der Waals surface area contributed by atoms with E-state index in [9.17, 15) is 0 Å². The van der Waals surface area contributed by atoms with Crippen LogP contribution in [0.5, 0.6) is 0 Å². The summed E-state index contributed by atoms with van der Waals surface area (Å²) in [7, 11) is 0. The minimum atomic E-state index is 0.589. The summed E-state index contributed by atoms with van der Waals surface area (Å²) >= 11 is 0. The van der Waals surface area contributed by atoms with Crippen LogP contribution in [0, 0.1) is 11.3 Å². The van der Waals surface area contributed by atoms with Crippen LogP contribution >= 0.6 is 0 Å². The quantitative estimate of drug-likeness (QED) is 0.694. The summed E-state index contributed by atoms with van der Waals surface area (Å²) in [5, 5.41) is 3.96. The lowest BCUT2D eigenvalue weighted by Crippen LogP contribution is -2.40. The highest BCUT2D eigenvalue weighted by molar-refractivity contribution is 4.89. The van der Waals surface area contributed by atoms with Crippen LogP contribution < -0.4 is 5.32 Å². The number of hydrogen-bond donors (Lipinski definition) is 1. The van der Waals surface area contributed by atoms with E-state index in [-0.39, 0.29) is 0 Å². The first kappa shape index (κ1) is 12.4. The molecule has 16 heavy (non-hydrogen) atoms. The predicted octanol–water partition coefficient (Wildman–Crippen LogP) is 4.12. The van der Waals surface area contributed by atoms with E-state index in [1.54, 1.807) is 0 Å². The van der Waals surface area contributed by atoms with Crippen LogP contribution in [0.1, 0.15) is 72.1 Å². The first-order valence-corrected chi connectivity index (χ1v) is 7.33. The highest BCUT2D eigenvalue weighted by Gasteiger charge is 2.32. The van der Waals surface area contributed by atoms with Crippen LogP contribution in [-0.2, 0) is 0 Å². The second-order valence-corrected chi connectivity index (χ2v) is 6.99. The highest BCUT2D eigenvalue weighted by Crippen LogP contribution is 2.37. The minimum Gasteiger partial charge on any atom is -0.311 e. The molecule has 0 radical (unpaired) electrons. The molecule has 2 aliphatic carbocycles. The first-order chi connectivity index (χ1) is 7.57. The van der Waals surface area contributed by atoms with E-state index in [0.29, 0.717) is 5.41 Å². The van der Waals surface area contributed by atoms with Crippen LogP contribution in [0.2, 0.25) is 0 Å². The molecule has 2 aliphatic rings. The average Bonchev–Trinajstić information content (AvgIpc) is 2.41. The Balaban J connectivity index is 1.84. The van der Waals surface area contributed by atoms with E-state index in [2.05, 4.69) is 26.1 Å². The van der Waals surface area contributed by atoms with Gasteiger partial charge in [0.2, 0.25) is 0 Å². The number of rotatable bonds is 2. The van der Waals surface area contributed by atoms with Crippen molar-refractivity contribution in [2.24, 2.45) is 11.3 Å². The Morgan fingerprint density at radius 2 is 1.75 bits per heavy atom. The van der Waals surface area contributed by atoms with Crippen LogP contribution in [0.15, 0.2) is 0 Å². The van der Waals surface area contributed by atoms with Gasteiger partial charge >= 0.3 is 0 Å². The molecule has 1 nitrogen and oxygen atoms in total. The van der Waals surface area contributed by atoms with Gasteiger partial charge in [-0.3, -0.25) is 0 Å². The van der Waals surface area contributed by atoms with Gasteiger partial charge in [-0.1, -0.05) is 40.0 Å². The minimum absolute atomic E-state index is 0.589. The standard InChI is InChI=1S/C15H29N/c1-12-7-5-4-6-8-14(12)16-13-9-10-15(2,3)11-13/h12-14,16H,4-11H2,1-3H3. The Kier molecular flexibility index (Phi) is 3.94. The average molecular weight is 223 g/mol. The summed E-state index contributed by atoms with van der Waals surface area (Å²) in [4.78, 5) is 0. The summed E-state index contributed by atoms with van der Waals surface area (Å²) in [6.45, 7) is 7.29. The molecule has 0 aromatic carbocycles. The molecule has 0 aromatic heterocycles. The van der Waals surface area contributed by atoms with E-state index in [4.69, 9.17) is 0 Å². The van der Waals surface area contributed by atoms with Crippen molar-refractivity contribution in [3.63, 3.8) is 0 Å². The lowest BCUT2D eigenvalue weighted by atomic mass is 9.91. The van der Waals surface area contributed by atoms with Gasteiger partial charge in [0.15, 0.2) is 0 Å². The Bertz CT molecular complexity index is 221. The summed E-state index contributed by atoms with van der Waals surface area (Å²) < 4.78 is 0. The van der Waals surface area contributed by atoms with Crippen LogP contribution in [0.4, 0.5) is 0 Å². The zero-order valence-electron chi connectivity index (χ0n) is 11.4. The third-order valence-corrected chi connectivity index (χ3v) is 4.78. The summed E-state index contributed by atoms with van der Waals surface area (Å²) in [5.74, 6) is 0.895. The fourth-order valence-electron chi connectivity index (χ4n) is 3.62. The van der Waals surface area contributed by atoms with Gasteiger partial charge in [0.05, 0.1) is 0 Å². The molecule has 0 spiro atoms. The summed E-state index contributed by atoms with van der Waals surface area (Å²) in [5.41, 5.74) is 0.589. The SMILES string of the molecule is CC1CCCCCC1NC1CCC(C)(C)C1. The normalized spacial score (nSPS) is 39.6. The Morgan fingerprint density at radius 1 is 1.00 bits per heavy atom. The fourth-order valence-corrected chi connectivity index (χ4v) is 3.62. The molecule has 0 amide bonds. The van der Waals surface area contributed by atoms with Gasteiger partial charge in [0.1, 0.15) is 0 Å². The van der Waals surface area contributed by atoms with Crippen LogP contribution in [-0.4, -0.2) is 12.1 Å². The molecule has 2 fully saturated rings. The molecule has 2 saturated carbocycles. The van der Waals surface area contributed by atoms with Gasteiger partial charge in [0.25, 0.3) is 0 Å². The molecular formula is C15H29N. The molecule has 1 heteroatoms. The zero-order chi connectivity index (χ0) is 11.6. The Labute approximate surface area is 101 Å². The van der Waals surface area contributed by atoms with Crippen molar-refractivity contribution in [3.8, 4) is 0 Å². The third kappa shape index (κ3) is 3.23. The van der Waals surface area contributed by atoms with E-state index >= 15 is 0 Å². The van der Waals surface area contributed by atoms with Gasteiger partial charge in [-0.2, -0.15) is 0 Å². The van der Waals surface area contributed by atoms with Gasteiger partial charge in [-0.15, -0.1) is 0 Å². The van der Waals surface area contributed by atoms with Crippen molar-refractivity contribution in [2.75, 3.05) is 0 Å². The van der Waals surface area contributed by atoms with E-state index in [1.165, 1.54) is 51.4 Å². The lowest BCUT2D eigenvalue weighted by Gasteiger charge is -2.27. The second kappa shape index (κ2) is 5.08. The molecule has 0 aliphatic heterocycles.